The first-order valence-corrected chi connectivity index (χ1v) is 17.9. The Bertz CT molecular complexity index is 2620. The molecule has 0 saturated heterocycles. The third-order valence-corrected chi connectivity index (χ3v) is 11.0. The molecule has 0 fully saturated rings. The third-order valence-electron chi connectivity index (χ3n) is 11.0. The molecular formula is C49H32N2O. The van der Waals surface area contributed by atoms with Crippen molar-refractivity contribution >= 4 is 34.1 Å². The SMILES string of the molecule is c1ccc(-c2ccc(N(c3ccccc3)c3ccc4c(c3)C3(c5ccccc5-c5ccccc53)c3cccc5c3N4c3ccccc3O5)cc2)cc1. The summed E-state index contributed by atoms with van der Waals surface area (Å²) < 4.78 is 6.69. The number of hydrogen-bond acceptors (Lipinski definition) is 3. The van der Waals surface area contributed by atoms with Gasteiger partial charge in [0.25, 0.3) is 0 Å². The van der Waals surface area contributed by atoms with E-state index in [0.717, 1.165) is 45.6 Å². The molecule has 244 valence electrons. The van der Waals surface area contributed by atoms with Gasteiger partial charge in [-0.2, -0.15) is 0 Å². The fourth-order valence-corrected chi connectivity index (χ4v) is 8.93. The summed E-state index contributed by atoms with van der Waals surface area (Å²) in [5.41, 5.74) is 16.0. The van der Waals surface area contributed by atoms with E-state index in [1.807, 2.05) is 6.07 Å². The van der Waals surface area contributed by atoms with E-state index in [2.05, 4.69) is 198 Å². The molecule has 3 aliphatic rings. The maximum atomic E-state index is 6.69. The molecule has 8 aromatic rings. The van der Waals surface area contributed by atoms with E-state index in [9.17, 15) is 0 Å². The van der Waals surface area contributed by atoms with Crippen molar-refractivity contribution in [3.8, 4) is 33.8 Å². The van der Waals surface area contributed by atoms with Crippen molar-refractivity contribution in [3.05, 3.63) is 216 Å². The normalized spacial score (nSPS) is 13.7. The molecule has 0 radical (unpaired) electrons. The maximum Gasteiger partial charge on any atom is 0.151 e. The van der Waals surface area contributed by atoms with E-state index in [-0.39, 0.29) is 0 Å². The summed E-state index contributed by atoms with van der Waals surface area (Å²) >= 11 is 0. The predicted molar refractivity (Wildman–Crippen MR) is 212 cm³/mol. The molecule has 52 heavy (non-hydrogen) atoms. The molecule has 3 heteroatoms. The van der Waals surface area contributed by atoms with Crippen molar-refractivity contribution in [2.24, 2.45) is 0 Å². The molecule has 0 aromatic heterocycles. The number of para-hydroxylation sites is 4. The molecule has 3 nitrogen and oxygen atoms in total. The topological polar surface area (TPSA) is 15.7 Å². The average molecular weight is 665 g/mol. The molecule has 2 heterocycles. The Morgan fingerprint density at radius 3 is 1.69 bits per heavy atom. The van der Waals surface area contributed by atoms with Crippen LogP contribution in [-0.2, 0) is 5.41 Å². The van der Waals surface area contributed by atoms with Crippen molar-refractivity contribution in [3.63, 3.8) is 0 Å². The molecule has 0 saturated carbocycles. The first-order valence-electron chi connectivity index (χ1n) is 17.9. The number of benzene rings is 8. The van der Waals surface area contributed by atoms with Crippen LogP contribution >= 0.6 is 0 Å². The molecular weight excluding hydrogens is 633 g/mol. The number of ether oxygens (including phenoxy) is 1. The number of nitrogens with zero attached hydrogens (tertiary/aromatic N) is 2. The lowest BCUT2D eigenvalue weighted by molar-refractivity contribution is 0.473. The van der Waals surface area contributed by atoms with Crippen LogP contribution in [-0.4, -0.2) is 0 Å². The lowest BCUT2D eigenvalue weighted by atomic mass is 9.64. The van der Waals surface area contributed by atoms with E-state index in [4.69, 9.17) is 4.74 Å². The molecule has 11 rings (SSSR count). The minimum absolute atomic E-state index is 0.574. The lowest BCUT2D eigenvalue weighted by Gasteiger charge is -2.47. The van der Waals surface area contributed by atoms with Crippen molar-refractivity contribution in [2.75, 3.05) is 9.80 Å². The van der Waals surface area contributed by atoms with Crippen molar-refractivity contribution < 1.29 is 4.74 Å². The minimum Gasteiger partial charge on any atom is -0.453 e. The Kier molecular flexibility index (Phi) is 6.17. The maximum absolute atomic E-state index is 6.69. The summed E-state index contributed by atoms with van der Waals surface area (Å²) in [7, 11) is 0. The highest BCUT2D eigenvalue weighted by atomic mass is 16.5. The van der Waals surface area contributed by atoms with Crippen molar-refractivity contribution in [1.82, 2.24) is 0 Å². The van der Waals surface area contributed by atoms with Crippen LogP contribution in [0, 0.1) is 0 Å². The molecule has 0 unspecified atom stereocenters. The van der Waals surface area contributed by atoms with Gasteiger partial charge in [-0.1, -0.05) is 133 Å². The summed E-state index contributed by atoms with van der Waals surface area (Å²) in [6.07, 6.45) is 0. The molecule has 0 amide bonds. The van der Waals surface area contributed by atoms with E-state index >= 15 is 0 Å². The zero-order valence-electron chi connectivity index (χ0n) is 28.3. The highest BCUT2D eigenvalue weighted by molar-refractivity contribution is 6.00. The molecule has 1 aliphatic carbocycles. The second-order valence-electron chi connectivity index (χ2n) is 13.7. The first-order chi connectivity index (χ1) is 25.8. The Hall–Kier alpha value is -6.84. The van der Waals surface area contributed by atoms with Crippen LogP contribution in [0.1, 0.15) is 22.3 Å². The fourth-order valence-electron chi connectivity index (χ4n) is 8.93. The van der Waals surface area contributed by atoms with Gasteiger partial charge in [-0.15, -0.1) is 0 Å². The quantitative estimate of drug-likeness (QED) is 0.186. The zero-order chi connectivity index (χ0) is 34.2. The van der Waals surface area contributed by atoms with Gasteiger partial charge in [0.2, 0.25) is 0 Å². The second-order valence-corrected chi connectivity index (χ2v) is 13.7. The van der Waals surface area contributed by atoms with Crippen LogP contribution in [0.5, 0.6) is 11.5 Å². The van der Waals surface area contributed by atoms with Crippen LogP contribution in [0.25, 0.3) is 22.3 Å². The molecule has 0 bridgehead atoms. The Balaban J connectivity index is 1.21. The van der Waals surface area contributed by atoms with E-state index in [1.54, 1.807) is 0 Å². The van der Waals surface area contributed by atoms with Gasteiger partial charge < -0.3 is 14.5 Å². The number of hydrogen-bond donors (Lipinski definition) is 0. The second kappa shape index (κ2) is 11.1. The number of anilines is 6. The number of rotatable bonds is 4. The monoisotopic (exact) mass is 664 g/mol. The summed E-state index contributed by atoms with van der Waals surface area (Å²) in [6.45, 7) is 0. The van der Waals surface area contributed by atoms with Crippen LogP contribution in [0.2, 0.25) is 0 Å². The lowest BCUT2D eigenvalue weighted by Crippen LogP contribution is -2.37. The first kappa shape index (κ1) is 28.9. The molecule has 2 aliphatic heterocycles. The minimum atomic E-state index is -0.574. The Labute approximate surface area is 303 Å². The highest BCUT2D eigenvalue weighted by Crippen LogP contribution is 2.67. The fraction of sp³-hybridized carbons (Fsp3) is 0.0204. The zero-order valence-corrected chi connectivity index (χ0v) is 28.3. The predicted octanol–water partition coefficient (Wildman–Crippen LogP) is 13.1. The van der Waals surface area contributed by atoms with Gasteiger partial charge in [0.1, 0.15) is 0 Å². The van der Waals surface area contributed by atoms with Crippen molar-refractivity contribution in [1.29, 1.82) is 0 Å². The Morgan fingerprint density at radius 2 is 0.942 bits per heavy atom. The van der Waals surface area contributed by atoms with Gasteiger partial charge in [-0.05, 0) is 105 Å². The van der Waals surface area contributed by atoms with E-state index < -0.39 is 5.41 Å². The van der Waals surface area contributed by atoms with Crippen LogP contribution < -0.4 is 14.5 Å². The van der Waals surface area contributed by atoms with E-state index in [0.29, 0.717) is 0 Å². The van der Waals surface area contributed by atoms with Crippen LogP contribution in [0.4, 0.5) is 34.1 Å². The summed E-state index contributed by atoms with van der Waals surface area (Å²) in [5, 5.41) is 0. The van der Waals surface area contributed by atoms with Gasteiger partial charge >= 0.3 is 0 Å². The van der Waals surface area contributed by atoms with Gasteiger partial charge in [0, 0.05) is 17.1 Å². The number of fused-ring (bicyclic) bond motifs is 11. The highest BCUT2D eigenvalue weighted by Gasteiger charge is 2.53. The standard InChI is InChI=1S/C49H32N2O/c1-3-14-33(15-4-1)34-26-28-36(29-27-34)50(35-16-5-2-6-17-35)37-30-31-44-43(32-37)49(40-20-9-7-18-38(40)39-19-8-10-21-41(39)49)42-22-13-25-47-48(42)51(44)45-23-11-12-24-46(45)52-47/h1-32H. The summed E-state index contributed by atoms with van der Waals surface area (Å²) in [6, 6.07) is 70.2. The summed E-state index contributed by atoms with van der Waals surface area (Å²) in [5.74, 6) is 1.73. The molecule has 8 aromatic carbocycles. The molecule has 0 atom stereocenters. The van der Waals surface area contributed by atoms with Gasteiger partial charge in [-0.3, -0.25) is 0 Å². The largest absolute Gasteiger partial charge is 0.453 e. The average Bonchev–Trinajstić information content (AvgIpc) is 3.51. The van der Waals surface area contributed by atoms with Gasteiger partial charge in [0.15, 0.2) is 11.5 Å². The van der Waals surface area contributed by atoms with Gasteiger partial charge in [0.05, 0.1) is 22.5 Å². The Morgan fingerprint density at radius 1 is 0.385 bits per heavy atom. The third kappa shape index (κ3) is 3.96. The van der Waals surface area contributed by atoms with Crippen LogP contribution in [0.3, 0.4) is 0 Å². The van der Waals surface area contributed by atoms with E-state index in [1.165, 1.54) is 44.5 Å². The van der Waals surface area contributed by atoms with Crippen molar-refractivity contribution in [2.45, 2.75) is 5.41 Å². The summed E-state index contributed by atoms with van der Waals surface area (Å²) in [4.78, 5) is 4.81. The van der Waals surface area contributed by atoms with Gasteiger partial charge in [-0.25, -0.2) is 0 Å². The molecule has 0 N–H and O–H groups in total. The smallest absolute Gasteiger partial charge is 0.151 e. The molecule has 1 spiro atoms. The van der Waals surface area contributed by atoms with Crippen LogP contribution in [0.15, 0.2) is 194 Å².